The Morgan fingerprint density at radius 3 is 2.53 bits per heavy atom. The number of benzene rings is 1. The molecule has 1 aromatic rings. The van der Waals surface area contributed by atoms with Gasteiger partial charge in [0.1, 0.15) is 5.75 Å². The van der Waals surface area contributed by atoms with Gasteiger partial charge >= 0.3 is 11.9 Å². The summed E-state index contributed by atoms with van der Waals surface area (Å²) in [7, 11) is 1.59. The van der Waals surface area contributed by atoms with Crippen LogP contribution in [0, 0.1) is 0 Å². The van der Waals surface area contributed by atoms with E-state index in [0.29, 0.717) is 6.54 Å². The molecule has 17 heavy (non-hydrogen) atoms. The molecule has 1 heterocycles. The van der Waals surface area contributed by atoms with Crippen molar-refractivity contribution in [2.45, 2.75) is 6.54 Å². The Balaban J connectivity index is 2.09. The molecule has 0 N–H and O–H groups in total. The van der Waals surface area contributed by atoms with Crippen molar-refractivity contribution < 1.29 is 19.1 Å². The topological polar surface area (TPSA) is 55.8 Å². The fourth-order valence-electron chi connectivity index (χ4n) is 1.80. The molecule has 0 atom stereocenters. The van der Waals surface area contributed by atoms with E-state index in [-0.39, 0.29) is 13.1 Å². The maximum atomic E-state index is 11.1. The van der Waals surface area contributed by atoms with Crippen molar-refractivity contribution in [1.82, 2.24) is 4.90 Å². The Hall–Kier alpha value is -1.88. The molecule has 0 unspecified atom stereocenters. The first-order chi connectivity index (χ1) is 8.19. The van der Waals surface area contributed by atoms with Crippen molar-refractivity contribution in [1.29, 1.82) is 0 Å². The van der Waals surface area contributed by atoms with Crippen LogP contribution in [0.3, 0.4) is 0 Å². The summed E-state index contributed by atoms with van der Waals surface area (Å²) in [6.07, 6.45) is 0. The highest BCUT2D eigenvalue weighted by Crippen LogP contribution is 2.19. The Morgan fingerprint density at radius 2 is 1.88 bits per heavy atom. The lowest BCUT2D eigenvalue weighted by Crippen LogP contribution is -2.42. The van der Waals surface area contributed by atoms with E-state index in [1.165, 1.54) is 0 Å². The number of rotatable bonds is 3. The first-order valence-electron chi connectivity index (χ1n) is 5.27. The molecule has 1 saturated heterocycles. The van der Waals surface area contributed by atoms with Crippen LogP contribution in [0.1, 0.15) is 5.56 Å². The fraction of sp³-hybridized carbons (Fsp3) is 0.333. The summed E-state index contributed by atoms with van der Waals surface area (Å²) < 4.78 is 9.67. The maximum absolute atomic E-state index is 11.1. The number of hydrogen-bond donors (Lipinski definition) is 0. The molecule has 0 amide bonds. The number of methoxy groups -OCH3 is 1. The van der Waals surface area contributed by atoms with Crippen LogP contribution in [-0.2, 0) is 20.9 Å². The molecular weight excluding hydrogens is 222 g/mol. The molecule has 1 aliphatic rings. The van der Waals surface area contributed by atoms with Gasteiger partial charge < -0.3 is 9.47 Å². The molecule has 0 radical (unpaired) electrons. The summed E-state index contributed by atoms with van der Waals surface area (Å²) in [4.78, 5) is 24.0. The van der Waals surface area contributed by atoms with E-state index >= 15 is 0 Å². The van der Waals surface area contributed by atoms with Crippen molar-refractivity contribution >= 4 is 11.9 Å². The lowest BCUT2D eigenvalue weighted by molar-refractivity contribution is -0.167. The number of carbonyl (C=O) groups is 2. The lowest BCUT2D eigenvalue weighted by Gasteiger charge is -2.24. The van der Waals surface area contributed by atoms with Crippen LogP contribution in [0.4, 0.5) is 0 Å². The van der Waals surface area contributed by atoms with Gasteiger partial charge in [-0.05, 0) is 6.07 Å². The van der Waals surface area contributed by atoms with Crippen LogP contribution in [-0.4, -0.2) is 37.0 Å². The number of para-hydroxylation sites is 1. The third kappa shape index (κ3) is 2.82. The van der Waals surface area contributed by atoms with Crippen LogP contribution >= 0.6 is 0 Å². The van der Waals surface area contributed by atoms with Crippen molar-refractivity contribution in [3.05, 3.63) is 29.8 Å². The minimum atomic E-state index is -0.504. The van der Waals surface area contributed by atoms with E-state index in [2.05, 4.69) is 4.74 Å². The predicted molar refractivity (Wildman–Crippen MR) is 59.4 cm³/mol. The fourth-order valence-corrected chi connectivity index (χ4v) is 1.80. The standard InChI is InChI=1S/C12H13NO4/c1-16-10-5-3-2-4-9(10)6-13-7-11(14)17-12(15)8-13/h2-5H,6-8H2,1H3. The summed E-state index contributed by atoms with van der Waals surface area (Å²) in [5.74, 6) is -0.258. The SMILES string of the molecule is COc1ccccc1CN1CC(=O)OC(=O)C1. The van der Waals surface area contributed by atoms with Gasteiger partial charge in [0.2, 0.25) is 0 Å². The van der Waals surface area contributed by atoms with Crippen LogP contribution in [0.5, 0.6) is 5.75 Å². The largest absolute Gasteiger partial charge is 0.496 e. The highest BCUT2D eigenvalue weighted by molar-refractivity contribution is 5.90. The second kappa shape index (κ2) is 4.97. The predicted octanol–water partition coefficient (Wildman–Crippen LogP) is 0.581. The molecule has 2 rings (SSSR count). The number of cyclic esters (lactones) is 2. The van der Waals surface area contributed by atoms with Gasteiger partial charge in [0.15, 0.2) is 0 Å². The van der Waals surface area contributed by atoms with Gasteiger partial charge in [-0.3, -0.25) is 14.5 Å². The Morgan fingerprint density at radius 1 is 1.24 bits per heavy atom. The van der Waals surface area contributed by atoms with Gasteiger partial charge in [-0.25, -0.2) is 0 Å². The maximum Gasteiger partial charge on any atom is 0.327 e. The van der Waals surface area contributed by atoms with Gasteiger partial charge in [-0.2, -0.15) is 0 Å². The quantitative estimate of drug-likeness (QED) is 0.566. The Kier molecular flexibility index (Phi) is 3.39. The van der Waals surface area contributed by atoms with E-state index in [9.17, 15) is 9.59 Å². The molecule has 90 valence electrons. The van der Waals surface area contributed by atoms with E-state index in [0.717, 1.165) is 11.3 Å². The van der Waals surface area contributed by atoms with Gasteiger partial charge in [-0.15, -0.1) is 0 Å². The van der Waals surface area contributed by atoms with Crippen LogP contribution in [0.25, 0.3) is 0 Å². The second-order valence-electron chi connectivity index (χ2n) is 3.80. The van der Waals surface area contributed by atoms with E-state index in [1.807, 2.05) is 24.3 Å². The summed E-state index contributed by atoms with van der Waals surface area (Å²) in [5, 5.41) is 0. The van der Waals surface area contributed by atoms with Crippen molar-refractivity contribution in [2.75, 3.05) is 20.2 Å². The lowest BCUT2D eigenvalue weighted by atomic mass is 10.2. The van der Waals surface area contributed by atoms with Gasteiger partial charge in [0.25, 0.3) is 0 Å². The van der Waals surface area contributed by atoms with Crippen LogP contribution in [0.15, 0.2) is 24.3 Å². The molecule has 5 nitrogen and oxygen atoms in total. The van der Waals surface area contributed by atoms with Gasteiger partial charge in [0.05, 0.1) is 20.2 Å². The van der Waals surface area contributed by atoms with Gasteiger partial charge in [0, 0.05) is 12.1 Å². The number of carbonyl (C=O) groups excluding carboxylic acids is 2. The third-order valence-electron chi connectivity index (χ3n) is 2.52. The Bertz CT molecular complexity index is 428. The first-order valence-corrected chi connectivity index (χ1v) is 5.27. The van der Waals surface area contributed by atoms with Crippen LogP contribution < -0.4 is 4.74 Å². The summed E-state index contributed by atoms with van der Waals surface area (Å²) >= 11 is 0. The first kappa shape index (κ1) is 11.6. The normalized spacial score (nSPS) is 16.8. The molecule has 1 fully saturated rings. The number of nitrogens with zero attached hydrogens (tertiary/aromatic N) is 1. The molecule has 1 aromatic carbocycles. The summed E-state index contributed by atoms with van der Waals surface area (Å²) in [6, 6.07) is 7.52. The molecule has 5 heteroatoms. The third-order valence-corrected chi connectivity index (χ3v) is 2.52. The molecule has 1 aliphatic heterocycles. The minimum Gasteiger partial charge on any atom is -0.496 e. The second-order valence-corrected chi connectivity index (χ2v) is 3.80. The zero-order chi connectivity index (χ0) is 12.3. The molecule has 0 bridgehead atoms. The van der Waals surface area contributed by atoms with Crippen LogP contribution in [0.2, 0.25) is 0 Å². The molecule has 0 aliphatic carbocycles. The minimum absolute atomic E-state index is 0.129. The average molecular weight is 235 g/mol. The molecule has 0 spiro atoms. The molecular formula is C12H13NO4. The monoisotopic (exact) mass is 235 g/mol. The van der Waals surface area contributed by atoms with E-state index in [1.54, 1.807) is 12.0 Å². The van der Waals surface area contributed by atoms with E-state index < -0.39 is 11.9 Å². The zero-order valence-electron chi connectivity index (χ0n) is 9.51. The average Bonchev–Trinajstić information content (AvgIpc) is 2.28. The van der Waals surface area contributed by atoms with Crippen molar-refractivity contribution in [2.24, 2.45) is 0 Å². The number of hydrogen-bond acceptors (Lipinski definition) is 5. The van der Waals surface area contributed by atoms with Gasteiger partial charge in [-0.1, -0.05) is 18.2 Å². The van der Waals surface area contributed by atoms with Crippen molar-refractivity contribution in [3.63, 3.8) is 0 Å². The Labute approximate surface area is 98.9 Å². The number of ether oxygens (including phenoxy) is 2. The highest BCUT2D eigenvalue weighted by Gasteiger charge is 2.25. The summed E-state index contributed by atoms with van der Waals surface area (Å²) in [6.45, 7) is 0.748. The number of esters is 2. The smallest absolute Gasteiger partial charge is 0.327 e. The molecule has 0 aromatic heterocycles. The number of morpholine rings is 1. The highest BCUT2D eigenvalue weighted by atomic mass is 16.6. The van der Waals surface area contributed by atoms with Crippen molar-refractivity contribution in [3.8, 4) is 5.75 Å². The van der Waals surface area contributed by atoms with E-state index in [4.69, 9.17) is 4.74 Å². The zero-order valence-corrected chi connectivity index (χ0v) is 9.51. The molecule has 0 saturated carbocycles. The summed E-state index contributed by atoms with van der Waals surface area (Å²) in [5.41, 5.74) is 0.942.